The highest BCUT2D eigenvalue weighted by molar-refractivity contribution is 6.31. The SMILES string of the molecule is Cc1ccccc1CC(=O)N(Cc1ccccc1Cl)[C@H](Cc1ccccc1)C(=O)NCC(C)C. The second-order valence-corrected chi connectivity index (χ2v) is 9.47. The molecule has 4 nitrogen and oxygen atoms in total. The van der Waals surface area contributed by atoms with E-state index in [0.717, 1.165) is 22.3 Å². The lowest BCUT2D eigenvalue weighted by molar-refractivity contribution is -0.140. The molecule has 0 spiro atoms. The Hall–Kier alpha value is -3.11. The van der Waals surface area contributed by atoms with E-state index in [9.17, 15) is 9.59 Å². The third kappa shape index (κ3) is 7.19. The van der Waals surface area contributed by atoms with Crippen molar-refractivity contribution in [2.75, 3.05) is 6.54 Å². The van der Waals surface area contributed by atoms with Gasteiger partial charge in [0.15, 0.2) is 0 Å². The fourth-order valence-electron chi connectivity index (χ4n) is 3.86. The smallest absolute Gasteiger partial charge is 0.243 e. The Morgan fingerprint density at radius 2 is 1.50 bits per heavy atom. The first-order valence-corrected chi connectivity index (χ1v) is 12.1. The van der Waals surface area contributed by atoms with Gasteiger partial charge in [-0.3, -0.25) is 9.59 Å². The number of aryl methyl sites for hydroxylation is 1. The fraction of sp³-hybridized carbons (Fsp3) is 0.310. The highest BCUT2D eigenvalue weighted by Crippen LogP contribution is 2.22. The molecular formula is C29H33ClN2O2. The standard InChI is InChI=1S/C29H33ClN2O2/c1-21(2)19-31-29(34)27(17-23-12-5-4-6-13-23)32(20-25-15-9-10-16-26(25)30)28(33)18-24-14-8-7-11-22(24)3/h4-16,21,27H,17-20H2,1-3H3,(H,31,34)/t27-/m1/s1. The van der Waals surface area contributed by atoms with Crippen molar-refractivity contribution in [2.45, 2.75) is 46.2 Å². The third-order valence-electron chi connectivity index (χ3n) is 5.86. The number of hydrogen-bond acceptors (Lipinski definition) is 2. The van der Waals surface area contributed by atoms with Gasteiger partial charge in [0.25, 0.3) is 0 Å². The average molecular weight is 477 g/mol. The summed E-state index contributed by atoms with van der Waals surface area (Å²) in [5, 5.41) is 3.63. The van der Waals surface area contributed by atoms with Crippen LogP contribution in [-0.4, -0.2) is 29.3 Å². The number of rotatable bonds is 10. The zero-order valence-electron chi connectivity index (χ0n) is 20.1. The maximum atomic E-state index is 13.8. The molecule has 0 aromatic heterocycles. The van der Waals surface area contributed by atoms with E-state index in [1.807, 2.05) is 85.8 Å². The number of nitrogens with zero attached hydrogens (tertiary/aromatic N) is 1. The van der Waals surface area contributed by atoms with E-state index in [2.05, 4.69) is 19.2 Å². The van der Waals surface area contributed by atoms with E-state index < -0.39 is 6.04 Å². The van der Waals surface area contributed by atoms with Gasteiger partial charge in [0.1, 0.15) is 6.04 Å². The molecule has 0 saturated carbocycles. The van der Waals surface area contributed by atoms with Crippen molar-refractivity contribution in [1.82, 2.24) is 10.2 Å². The zero-order chi connectivity index (χ0) is 24.5. The molecule has 3 aromatic rings. The quantitative estimate of drug-likeness (QED) is 0.414. The molecule has 2 amide bonds. The van der Waals surface area contributed by atoms with Crippen LogP contribution in [0.25, 0.3) is 0 Å². The molecule has 0 unspecified atom stereocenters. The van der Waals surface area contributed by atoms with Crippen LogP contribution in [-0.2, 0) is 29.0 Å². The molecule has 178 valence electrons. The van der Waals surface area contributed by atoms with Gasteiger partial charge in [0, 0.05) is 24.5 Å². The van der Waals surface area contributed by atoms with Crippen LogP contribution in [0.2, 0.25) is 5.02 Å². The first kappa shape index (κ1) is 25.5. The van der Waals surface area contributed by atoms with E-state index in [0.29, 0.717) is 23.9 Å². The second kappa shape index (κ2) is 12.4. The Balaban J connectivity index is 1.98. The van der Waals surface area contributed by atoms with Crippen LogP contribution in [0, 0.1) is 12.8 Å². The minimum Gasteiger partial charge on any atom is -0.354 e. The Morgan fingerprint density at radius 1 is 0.882 bits per heavy atom. The molecule has 0 aliphatic carbocycles. The third-order valence-corrected chi connectivity index (χ3v) is 6.23. The van der Waals surface area contributed by atoms with Gasteiger partial charge in [-0.2, -0.15) is 0 Å². The van der Waals surface area contributed by atoms with Gasteiger partial charge in [-0.15, -0.1) is 0 Å². The lowest BCUT2D eigenvalue weighted by atomic mass is 10.00. The van der Waals surface area contributed by atoms with Crippen LogP contribution in [0.3, 0.4) is 0 Å². The minimum absolute atomic E-state index is 0.102. The molecule has 0 radical (unpaired) electrons. The maximum absolute atomic E-state index is 13.8. The number of benzene rings is 3. The number of carbonyl (C=O) groups is 2. The van der Waals surface area contributed by atoms with Crippen molar-refractivity contribution in [3.63, 3.8) is 0 Å². The number of amides is 2. The van der Waals surface area contributed by atoms with E-state index in [-0.39, 0.29) is 24.8 Å². The van der Waals surface area contributed by atoms with Gasteiger partial charge in [-0.05, 0) is 41.2 Å². The molecule has 0 saturated heterocycles. The van der Waals surface area contributed by atoms with Gasteiger partial charge in [-0.25, -0.2) is 0 Å². The summed E-state index contributed by atoms with van der Waals surface area (Å²) in [5.74, 6) is 0.0543. The number of halogens is 1. The molecule has 0 aliphatic heterocycles. The van der Waals surface area contributed by atoms with Gasteiger partial charge < -0.3 is 10.2 Å². The van der Waals surface area contributed by atoms with E-state index >= 15 is 0 Å². The Labute approximate surface area is 207 Å². The molecule has 5 heteroatoms. The van der Waals surface area contributed by atoms with E-state index in [1.165, 1.54) is 0 Å². The minimum atomic E-state index is -0.658. The molecule has 1 atom stereocenters. The molecule has 0 heterocycles. The molecule has 0 fully saturated rings. The Bertz CT molecular complexity index is 1100. The summed E-state index contributed by atoms with van der Waals surface area (Å²) >= 11 is 6.47. The van der Waals surface area contributed by atoms with Crippen LogP contribution in [0.1, 0.15) is 36.1 Å². The predicted octanol–water partition coefficient (Wildman–Crippen LogP) is 5.60. The van der Waals surface area contributed by atoms with E-state index in [1.54, 1.807) is 4.90 Å². The van der Waals surface area contributed by atoms with Gasteiger partial charge >= 0.3 is 0 Å². The van der Waals surface area contributed by atoms with Crippen LogP contribution in [0.4, 0.5) is 0 Å². The molecule has 3 aromatic carbocycles. The molecule has 0 bridgehead atoms. The van der Waals surface area contributed by atoms with Crippen molar-refractivity contribution in [2.24, 2.45) is 5.92 Å². The largest absolute Gasteiger partial charge is 0.354 e. The van der Waals surface area contributed by atoms with Crippen LogP contribution >= 0.6 is 11.6 Å². The molecule has 1 N–H and O–H groups in total. The van der Waals surface area contributed by atoms with Gasteiger partial charge in [0.2, 0.25) is 11.8 Å². The summed E-state index contributed by atoms with van der Waals surface area (Å²) in [6.07, 6.45) is 0.647. The number of hydrogen-bond donors (Lipinski definition) is 1. The van der Waals surface area contributed by atoms with Gasteiger partial charge in [0.05, 0.1) is 6.42 Å². The lowest BCUT2D eigenvalue weighted by Gasteiger charge is -2.32. The highest BCUT2D eigenvalue weighted by atomic mass is 35.5. The Morgan fingerprint density at radius 3 is 2.15 bits per heavy atom. The topological polar surface area (TPSA) is 49.4 Å². The number of nitrogens with one attached hydrogen (secondary N) is 1. The summed E-state index contributed by atoms with van der Waals surface area (Å²) in [5.41, 5.74) is 3.83. The summed E-state index contributed by atoms with van der Waals surface area (Å²) in [4.78, 5) is 28.9. The van der Waals surface area contributed by atoms with Crippen LogP contribution in [0.5, 0.6) is 0 Å². The van der Waals surface area contributed by atoms with Crippen molar-refractivity contribution in [3.8, 4) is 0 Å². The predicted molar refractivity (Wildman–Crippen MR) is 139 cm³/mol. The van der Waals surface area contributed by atoms with Crippen molar-refractivity contribution in [1.29, 1.82) is 0 Å². The summed E-state index contributed by atoms with van der Waals surface area (Å²) < 4.78 is 0. The molecule has 3 rings (SSSR count). The molecular weight excluding hydrogens is 444 g/mol. The highest BCUT2D eigenvalue weighted by Gasteiger charge is 2.31. The van der Waals surface area contributed by atoms with Crippen LogP contribution in [0.15, 0.2) is 78.9 Å². The monoisotopic (exact) mass is 476 g/mol. The van der Waals surface area contributed by atoms with Crippen molar-refractivity contribution < 1.29 is 9.59 Å². The molecule has 34 heavy (non-hydrogen) atoms. The zero-order valence-corrected chi connectivity index (χ0v) is 20.9. The maximum Gasteiger partial charge on any atom is 0.243 e. The summed E-state index contributed by atoms with van der Waals surface area (Å²) in [7, 11) is 0. The normalized spacial score (nSPS) is 11.8. The fourth-order valence-corrected chi connectivity index (χ4v) is 4.06. The van der Waals surface area contributed by atoms with Gasteiger partial charge in [-0.1, -0.05) is 98.2 Å². The Kier molecular flexibility index (Phi) is 9.29. The molecule has 0 aliphatic rings. The lowest BCUT2D eigenvalue weighted by Crippen LogP contribution is -2.51. The van der Waals surface area contributed by atoms with Crippen LogP contribution < -0.4 is 5.32 Å². The average Bonchev–Trinajstić information content (AvgIpc) is 2.83. The first-order chi connectivity index (χ1) is 16.3. The summed E-state index contributed by atoms with van der Waals surface area (Å²) in [6, 6.07) is 24.5. The van der Waals surface area contributed by atoms with Crippen molar-refractivity contribution in [3.05, 3.63) is 106 Å². The van der Waals surface area contributed by atoms with Crippen molar-refractivity contribution >= 4 is 23.4 Å². The van der Waals surface area contributed by atoms with E-state index in [4.69, 9.17) is 11.6 Å². The second-order valence-electron chi connectivity index (χ2n) is 9.06. The summed E-state index contributed by atoms with van der Waals surface area (Å²) in [6.45, 7) is 6.92. The number of carbonyl (C=O) groups excluding carboxylic acids is 2. The first-order valence-electron chi connectivity index (χ1n) is 11.7.